The number of fused-ring (bicyclic) bond motifs is 1. The molecule has 4 rings (SSSR count). The summed E-state index contributed by atoms with van der Waals surface area (Å²) in [5.74, 6) is 0.986. The lowest BCUT2D eigenvalue weighted by atomic mass is 10.1. The molecule has 3 aromatic rings. The summed E-state index contributed by atoms with van der Waals surface area (Å²) in [5, 5.41) is 0.695. The second-order valence-electron chi connectivity index (χ2n) is 6.60. The molecule has 0 unspecified atom stereocenters. The summed E-state index contributed by atoms with van der Waals surface area (Å²) in [4.78, 5) is 19.3. The van der Waals surface area contributed by atoms with E-state index in [-0.39, 0.29) is 12.0 Å². The van der Waals surface area contributed by atoms with Crippen molar-refractivity contribution in [3.8, 4) is 16.7 Å². The minimum atomic E-state index is -0.0470. The van der Waals surface area contributed by atoms with Gasteiger partial charge in [0.1, 0.15) is 6.10 Å². The third-order valence-corrected chi connectivity index (χ3v) is 5.83. The second-order valence-corrected chi connectivity index (χ2v) is 7.59. The number of hydrogen-bond donors (Lipinski definition) is 0. The number of piperidine rings is 1. The largest absolute Gasteiger partial charge is 0.493 e. The van der Waals surface area contributed by atoms with Gasteiger partial charge in [-0.3, -0.25) is 4.79 Å². The van der Waals surface area contributed by atoms with Crippen molar-refractivity contribution in [2.45, 2.75) is 18.9 Å². The summed E-state index contributed by atoms with van der Waals surface area (Å²) in [6.45, 7) is 1.27. The molecular formula is C21H22N2O4S. The van der Waals surface area contributed by atoms with Crippen LogP contribution in [0.15, 0.2) is 42.5 Å². The standard InChI is InChI=1S/C21H22N2O4S/c1-25-17-8-5-6-15(19(17)26-2)20(24)23-12-10-14(11-13-23)27-21-22-16-7-3-4-9-18(16)28-21/h3-9,14H,10-13H2,1-2H3. The van der Waals surface area contributed by atoms with Gasteiger partial charge in [-0.15, -0.1) is 0 Å². The van der Waals surface area contributed by atoms with Crippen LogP contribution < -0.4 is 14.2 Å². The SMILES string of the molecule is COc1cccc(C(=O)N2CCC(Oc3nc4ccccc4s3)CC2)c1OC. The van der Waals surface area contributed by atoms with E-state index < -0.39 is 0 Å². The Hall–Kier alpha value is -2.80. The van der Waals surface area contributed by atoms with E-state index in [1.807, 2.05) is 29.2 Å². The Kier molecular flexibility index (Phi) is 5.34. The molecular weight excluding hydrogens is 376 g/mol. The number of ether oxygens (including phenoxy) is 3. The molecule has 1 aliphatic heterocycles. The molecule has 0 bridgehead atoms. The van der Waals surface area contributed by atoms with Gasteiger partial charge in [0.25, 0.3) is 11.1 Å². The Bertz CT molecular complexity index is 946. The van der Waals surface area contributed by atoms with Gasteiger partial charge in [-0.25, -0.2) is 4.98 Å². The number of thiazole rings is 1. The van der Waals surface area contributed by atoms with E-state index in [1.54, 1.807) is 43.8 Å². The predicted molar refractivity (Wildman–Crippen MR) is 109 cm³/mol. The molecule has 1 aliphatic rings. The van der Waals surface area contributed by atoms with Crippen LogP contribution in [-0.2, 0) is 0 Å². The summed E-state index contributed by atoms with van der Waals surface area (Å²) in [7, 11) is 3.11. The Labute approximate surface area is 167 Å². The molecule has 0 aliphatic carbocycles. The smallest absolute Gasteiger partial charge is 0.274 e. The Morgan fingerprint density at radius 3 is 2.57 bits per heavy atom. The molecule has 6 nitrogen and oxygen atoms in total. The maximum atomic E-state index is 13.0. The summed E-state index contributed by atoms with van der Waals surface area (Å²) < 4.78 is 17.9. The summed E-state index contributed by atoms with van der Waals surface area (Å²) in [6.07, 6.45) is 1.61. The minimum Gasteiger partial charge on any atom is -0.493 e. The van der Waals surface area contributed by atoms with Crippen LogP contribution in [0.25, 0.3) is 10.2 Å². The van der Waals surface area contributed by atoms with Gasteiger partial charge in [0.2, 0.25) is 0 Å². The van der Waals surface area contributed by atoms with Gasteiger partial charge in [0.15, 0.2) is 11.5 Å². The number of carbonyl (C=O) groups excluding carboxylic acids is 1. The number of nitrogens with zero attached hydrogens (tertiary/aromatic N) is 2. The molecule has 146 valence electrons. The molecule has 2 aromatic carbocycles. The van der Waals surface area contributed by atoms with Crippen LogP contribution in [0.2, 0.25) is 0 Å². The zero-order chi connectivity index (χ0) is 19.5. The number of para-hydroxylation sites is 2. The predicted octanol–water partition coefficient (Wildman–Crippen LogP) is 4.00. The first-order valence-electron chi connectivity index (χ1n) is 9.22. The molecule has 0 radical (unpaired) electrons. The quantitative estimate of drug-likeness (QED) is 0.650. The highest BCUT2D eigenvalue weighted by atomic mass is 32.1. The fourth-order valence-corrected chi connectivity index (χ4v) is 4.33. The maximum absolute atomic E-state index is 13.0. The van der Waals surface area contributed by atoms with Gasteiger partial charge >= 0.3 is 0 Å². The number of benzene rings is 2. The van der Waals surface area contributed by atoms with Crippen molar-refractivity contribution in [3.63, 3.8) is 0 Å². The van der Waals surface area contributed by atoms with E-state index in [0.29, 0.717) is 35.3 Å². The van der Waals surface area contributed by atoms with Crippen molar-refractivity contribution in [2.24, 2.45) is 0 Å². The topological polar surface area (TPSA) is 60.9 Å². The zero-order valence-electron chi connectivity index (χ0n) is 15.9. The van der Waals surface area contributed by atoms with Crippen LogP contribution >= 0.6 is 11.3 Å². The molecule has 1 saturated heterocycles. The third kappa shape index (κ3) is 3.62. The van der Waals surface area contributed by atoms with Crippen molar-refractivity contribution in [2.75, 3.05) is 27.3 Å². The fourth-order valence-electron chi connectivity index (χ4n) is 3.45. The highest BCUT2D eigenvalue weighted by Gasteiger charge is 2.27. The molecule has 1 amide bonds. The number of hydrogen-bond acceptors (Lipinski definition) is 6. The molecule has 0 spiro atoms. The van der Waals surface area contributed by atoms with Gasteiger partial charge in [0, 0.05) is 25.9 Å². The number of amides is 1. The molecule has 1 fully saturated rings. The first-order chi connectivity index (χ1) is 13.7. The lowest BCUT2D eigenvalue weighted by molar-refractivity contribution is 0.0592. The van der Waals surface area contributed by atoms with E-state index in [9.17, 15) is 4.79 Å². The summed E-state index contributed by atoms with van der Waals surface area (Å²) in [5.41, 5.74) is 1.48. The highest BCUT2D eigenvalue weighted by molar-refractivity contribution is 7.20. The van der Waals surface area contributed by atoms with Gasteiger partial charge in [-0.05, 0) is 24.3 Å². The van der Waals surface area contributed by atoms with Crippen molar-refractivity contribution >= 4 is 27.5 Å². The van der Waals surface area contributed by atoms with Crippen molar-refractivity contribution in [3.05, 3.63) is 48.0 Å². The normalized spacial score (nSPS) is 14.9. The average Bonchev–Trinajstić information content (AvgIpc) is 3.15. The van der Waals surface area contributed by atoms with E-state index in [4.69, 9.17) is 14.2 Å². The zero-order valence-corrected chi connectivity index (χ0v) is 16.7. The summed E-state index contributed by atoms with van der Waals surface area (Å²) in [6, 6.07) is 13.4. The highest BCUT2D eigenvalue weighted by Crippen LogP contribution is 2.33. The molecule has 2 heterocycles. The van der Waals surface area contributed by atoms with Crippen LogP contribution in [-0.4, -0.2) is 49.2 Å². The number of likely N-dealkylation sites (tertiary alicyclic amines) is 1. The van der Waals surface area contributed by atoms with Crippen LogP contribution in [0.5, 0.6) is 16.7 Å². The van der Waals surface area contributed by atoms with E-state index >= 15 is 0 Å². The van der Waals surface area contributed by atoms with Gasteiger partial charge in [-0.2, -0.15) is 0 Å². The number of carbonyl (C=O) groups is 1. The first-order valence-corrected chi connectivity index (χ1v) is 10.0. The average molecular weight is 398 g/mol. The Morgan fingerprint density at radius 2 is 1.86 bits per heavy atom. The first kappa shape index (κ1) is 18.6. The Balaban J connectivity index is 1.40. The number of aromatic nitrogens is 1. The fraction of sp³-hybridized carbons (Fsp3) is 0.333. The van der Waals surface area contributed by atoms with E-state index in [0.717, 1.165) is 23.1 Å². The second kappa shape index (κ2) is 8.06. The minimum absolute atomic E-state index is 0.0470. The number of rotatable bonds is 5. The van der Waals surface area contributed by atoms with Crippen LogP contribution in [0, 0.1) is 0 Å². The lowest BCUT2D eigenvalue weighted by Crippen LogP contribution is -2.41. The molecule has 1 aromatic heterocycles. The monoisotopic (exact) mass is 398 g/mol. The molecule has 0 N–H and O–H groups in total. The number of methoxy groups -OCH3 is 2. The van der Waals surface area contributed by atoms with Gasteiger partial charge in [-0.1, -0.05) is 29.5 Å². The maximum Gasteiger partial charge on any atom is 0.274 e. The molecule has 0 saturated carbocycles. The molecule has 28 heavy (non-hydrogen) atoms. The molecule has 0 atom stereocenters. The van der Waals surface area contributed by atoms with Crippen molar-refractivity contribution in [1.82, 2.24) is 9.88 Å². The molecule has 7 heteroatoms. The van der Waals surface area contributed by atoms with Crippen LogP contribution in [0.4, 0.5) is 0 Å². The van der Waals surface area contributed by atoms with Crippen molar-refractivity contribution in [1.29, 1.82) is 0 Å². The Morgan fingerprint density at radius 1 is 1.07 bits per heavy atom. The third-order valence-electron chi connectivity index (χ3n) is 4.90. The van der Waals surface area contributed by atoms with Crippen LogP contribution in [0.3, 0.4) is 0 Å². The van der Waals surface area contributed by atoms with Crippen molar-refractivity contribution < 1.29 is 19.0 Å². The van der Waals surface area contributed by atoms with Crippen LogP contribution in [0.1, 0.15) is 23.2 Å². The van der Waals surface area contributed by atoms with Gasteiger partial charge < -0.3 is 19.1 Å². The lowest BCUT2D eigenvalue weighted by Gasteiger charge is -2.32. The van der Waals surface area contributed by atoms with E-state index in [2.05, 4.69) is 4.98 Å². The van der Waals surface area contributed by atoms with E-state index in [1.165, 1.54) is 0 Å². The van der Waals surface area contributed by atoms with Gasteiger partial charge in [0.05, 0.1) is 30.0 Å². The summed E-state index contributed by atoms with van der Waals surface area (Å²) >= 11 is 1.56.